The van der Waals surface area contributed by atoms with Crippen LogP contribution in [0.15, 0.2) is 82.2 Å². The molecule has 0 spiro atoms. The van der Waals surface area contributed by atoms with E-state index in [1.165, 1.54) is 12.1 Å². The standard InChI is InChI=1S/C23H23BrN2O4S/c1-16-13-21(31(28,29)26-20-9-4-3-5-10-20)11-12-22(16)30-15-23(27)25-17(2)18-7-6-8-19(24)14-18/h3-14,17,26H,15H2,1-2H3,(H,25,27). The van der Waals surface area contributed by atoms with Crippen LogP contribution in [-0.2, 0) is 14.8 Å². The number of anilines is 1. The number of para-hydroxylation sites is 1. The number of benzene rings is 3. The van der Waals surface area contributed by atoms with Gasteiger partial charge in [0.2, 0.25) is 0 Å². The highest BCUT2D eigenvalue weighted by Gasteiger charge is 2.16. The summed E-state index contributed by atoms with van der Waals surface area (Å²) in [7, 11) is -3.72. The Kier molecular flexibility index (Phi) is 7.35. The Hall–Kier alpha value is -2.84. The molecule has 0 aliphatic rings. The minimum atomic E-state index is -3.72. The van der Waals surface area contributed by atoms with Gasteiger partial charge < -0.3 is 10.1 Å². The van der Waals surface area contributed by atoms with E-state index in [9.17, 15) is 13.2 Å². The molecule has 0 saturated carbocycles. The fraction of sp³-hybridized carbons (Fsp3) is 0.174. The summed E-state index contributed by atoms with van der Waals surface area (Å²) in [6, 6.07) is 20.7. The van der Waals surface area contributed by atoms with Gasteiger partial charge in [-0.15, -0.1) is 0 Å². The number of hydrogen-bond acceptors (Lipinski definition) is 4. The minimum absolute atomic E-state index is 0.119. The summed E-state index contributed by atoms with van der Waals surface area (Å²) >= 11 is 3.42. The third-order valence-electron chi connectivity index (χ3n) is 4.57. The van der Waals surface area contributed by atoms with Crippen molar-refractivity contribution < 1.29 is 17.9 Å². The summed E-state index contributed by atoms with van der Waals surface area (Å²) in [4.78, 5) is 12.4. The van der Waals surface area contributed by atoms with Crippen molar-refractivity contribution in [2.24, 2.45) is 0 Å². The van der Waals surface area contributed by atoms with Gasteiger partial charge in [0.1, 0.15) is 5.75 Å². The number of nitrogens with one attached hydrogen (secondary N) is 2. The van der Waals surface area contributed by atoms with Crippen LogP contribution in [-0.4, -0.2) is 20.9 Å². The van der Waals surface area contributed by atoms with Crippen molar-refractivity contribution in [3.8, 4) is 5.75 Å². The lowest BCUT2D eigenvalue weighted by Crippen LogP contribution is -2.31. The van der Waals surface area contributed by atoms with Crippen LogP contribution < -0.4 is 14.8 Å². The molecule has 0 heterocycles. The molecule has 162 valence electrons. The molecule has 0 bridgehead atoms. The number of aryl methyl sites for hydroxylation is 1. The zero-order valence-electron chi connectivity index (χ0n) is 17.1. The van der Waals surface area contributed by atoms with Gasteiger partial charge in [-0.05, 0) is 67.4 Å². The topological polar surface area (TPSA) is 84.5 Å². The van der Waals surface area contributed by atoms with E-state index in [1.807, 2.05) is 37.3 Å². The summed E-state index contributed by atoms with van der Waals surface area (Å²) in [6.07, 6.45) is 0. The molecule has 0 fully saturated rings. The average Bonchev–Trinajstić information content (AvgIpc) is 2.73. The van der Waals surface area contributed by atoms with Gasteiger partial charge in [-0.1, -0.05) is 46.3 Å². The van der Waals surface area contributed by atoms with E-state index in [2.05, 4.69) is 26.0 Å². The molecule has 0 saturated heterocycles. The van der Waals surface area contributed by atoms with Crippen molar-refractivity contribution >= 4 is 37.5 Å². The van der Waals surface area contributed by atoms with Gasteiger partial charge in [0, 0.05) is 10.2 Å². The maximum atomic E-state index is 12.6. The van der Waals surface area contributed by atoms with Crippen LogP contribution in [0.5, 0.6) is 5.75 Å². The van der Waals surface area contributed by atoms with Gasteiger partial charge in [-0.2, -0.15) is 0 Å². The lowest BCUT2D eigenvalue weighted by Gasteiger charge is -2.16. The van der Waals surface area contributed by atoms with Gasteiger partial charge in [-0.3, -0.25) is 9.52 Å². The molecule has 31 heavy (non-hydrogen) atoms. The van der Waals surface area contributed by atoms with E-state index in [0.717, 1.165) is 10.0 Å². The molecule has 3 aromatic rings. The fourth-order valence-electron chi connectivity index (χ4n) is 2.96. The molecule has 3 rings (SSSR count). The molecule has 1 atom stereocenters. The van der Waals surface area contributed by atoms with Crippen LogP contribution in [0.2, 0.25) is 0 Å². The van der Waals surface area contributed by atoms with Gasteiger partial charge >= 0.3 is 0 Å². The van der Waals surface area contributed by atoms with Crippen LogP contribution in [0.3, 0.4) is 0 Å². The molecular formula is C23H23BrN2O4S. The lowest BCUT2D eigenvalue weighted by molar-refractivity contribution is -0.123. The summed E-state index contributed by atoms with van der Waals surface area (Å²) < 4.78 is 34.3. The normalized spacial score (nSPS) is 12.1. The van der Waals surface area contributed by atoms with Crippen LogP contribution in [0.4, 0.5) is 5.69 Å². The number of carbonyl (C=O) groups is 1. The highest BCUT2D eigenvalue weighted by atomic mass is 79.9. The van der Waals surface area contributed by atoms with Crippen molar-refractivity contribution in [2.75, 3.05) is 11.3 Å². The molecule has 0 aliphatic carbocycles. The third-order valence-corrected chi connectivity index (χ3v) is 6.44. The predicted molar refractivity (Wildman–Crippen MR) is 125 cm³/mol. The molecule has 2 N–H and O–H groups in total. The van der Waals surface area contributed by atoms with E-state index in [4.69, 9.17) is 4.74 Å². The first-order valence-corrected chi connectivity index (χ1v) is 11.9. The SMILES string of the molecule is Cc1cc(S(=O)(=O)Nc2ccccc2)ccc1OCC(=O)NC(C)c1cccc(Br)c1. The monoisotopic (exact) mass is 502 g/mol. The van der Waals surface area contributed by atoms with Gasteiger partial charge in [0.25, 0.3) is 15.9 Å². The molecule has 8 heteroatoms. The quantitative estimate of drug-likeness (QED) is 0.462. The number of halogens is 1. The predicted octanol–water partition coefficient (Wildman–Crippen LogP) is 4.81. The average molecular weight is 503 g/mol. The Morgan fingerprint density at radius 3 is 2.45 bits per heavy atom. The minimum Gasteiger partial charge on any atom is -0.484 e. The van der Waals surface area contributed by atoms with Gasteiger partial charge in [0.05, 0.1) is 10.9 Å². The number of amides is 1. The zero-order valence-corrected chi connectivity index (χ0v) is 19.5. The fourth-order valence-corrected chi connectivity index (χ4v) is 4.52. The van der Waals surface area contributed by atoms with E-state index < -0.39 is 10.0 Å². The molecule has 1 unspecified atom stereocenters. The first-order chi connectivity index (χ1) is 14.7. The van der Waals surface area contributed by atoms with Crippen molar-refractivity contribution in [1.82, 2.24) is 5.32 Å². The van der Waals surface area contributed by atoms with Crippen LogP contribution >= 0.6 is 15.9 Å². The van der Waals surface area contributed by atoms with E-state index in [-0.39, 0.29) is 23.5 Å². The molecule has 0 aliphatic heterocycles. The molecule has 0 radical (unpaired) electrons. The molecule has 1 amide bonds. The first-order valence-electron chi connectivity index (χ1n) is 9.61. The van der Waals surface area contributed by atoms with Gasteiger partial charge in [-0.25, -0.2) is 8.42 Å². The molecule has 0 aromatic heterocycles. The van der Waals surface area contributed by atoms with Crippen molar-refractivity contribution in [1.29, 1.82) is 0 Å². The summed E-state index contributed by atoms with van der Waals surface area (Å²) in [5.41, 5.74) is 2.07. The summed E-state index contributed by atoms with van der Waals surface area (Å²) in [6.45, 7) is 3.46. The maximum Gasteiger partial charge on any atom is 0.261 e. The molecule has 6 nitrogen and oxygen atoms in total. The zero-order chi connectivity index (χ0) is 22.4. The number of hydrogen-bond donors (Lipinski definition) is 2. The largest absolute Gasteiger partial charge is 0.484 e. The third kappa shape index (κ3) is 6.32. The summed E-state index contributed by atoms with van der Waals surface area (Å²) in [5.74, 6) is 0.179. The molecular weight excluding hydrogens is 480 g/mol. The van der Waals surface area contributed by atoms with Crippen molar-refractivity contribution in [2.45, 2.75) is 24.8 Å². The number of carbonyl (C=O) groups excluding carboxylic acids is 1. The lowest BCUT2D eigenvalue weighted by atomic mass is 10.1. The van der Waals surface area contributed by atoms with Crippen LogP contribution in [0, 0.1) is 6.92 Å². The Balaban J connectivity index is 1.60. The van der Waals surface area contributed by atoms with E-state index >= 15 is 0 Å². The Morgan fingerprint density at radius 1 is 1.03 bits per heavy atom. The maximum absolute atomic E-state index is 12.6. The number of sulfonamides is 1. The van der Waals surface area contributed by atoms with Crippen molar-refractivity contribution in [3.05, 3.63) is 88.4 Å². The Labute approximate surface area is 190 Å². The highest BCUT2D eigenvalue weighted by molar-refractivity contribution is 9.10. The smallest absolute Gasteiger partial charge is 0.261 e. The summed E-state index contributed by atoms with van der Waals surface area (Å²) in [5, 5.41) is 2.89. The van der Waals surface area contributed by atoms with Crippen LogP contribution in [0.1, 0.15) is 24.1 Å². The molecule has 3 aromatic carbocycles. The van der Waals surface area contributed by atoms with Crippen LogP contribution in [0.25, 0.3) is 0 Å². The second-order valence-corrected chi connectivity index (χ2v) is 9.63. The van der Waals surface area contributed by atoms with E-state index in [1.54, 1.807) is 37.3 Å². The van der Waals surface area contributed by atoms with Crippen molar-refractivity contribution in [3.63, 3.8) is 0 Å². The second-order valence-electron chi connectivity index (χ2n) is 7.03. The number of rotatable bonds is 8. The highest BCUT2D eigenvalue weighted by Crippen LogP contribution is 2.24. The second kappa shape index (κ2) is 9.98. The number of ether oxygens (including phenoxy) is 1. The van der Waals surface area contributed by atoms with Gasteiger partial charge in [0.15, 0.2) is 6.61 Å². The Bertz CT molecular complexity index is 1170. The van der Waals surface area contributed by atoms with E-state index in [0.29, 0.717) is 17.0 Å². The Morgan fingerprint density at radius 2 is 1.77 bits per heavy atom. The first kappa shape index (κ1) is 22.8.